The largest absolute Gasteiger partial charge is 0.469 e. The first kappa shape index (κ1) is 15.8. The van der Waals surface area contributed by atoms with E-state index in [-0.39, 0.29) is 6.42 Å². The van der Waals surface area contributed by atoms with Gasteiger partial charge in [-0.15, -0.1) is 0 Å². The highest BCUT2D eigenvalue weighted by Crippen LogP contribution is 2.30. The van der Waals surface area contributed by atoms with Crippen molar-refractivity contribution in [1.29, 1.82) is 0 Å². The summed E-state index contributed by atoms with van der Waals surface area (Å²) in [5.41, 5.74) is 0. The maximum atomic E-state index is 11.4. The minimum Gasteiger partial charge on any atom is -0.469 e. The van der Waals surface area contributed by atoms with Gasteiger partial charge in [-0.3, -0.25) is 9.59 Å². The van der Waals surface area contributed by atoms with E-state index < -0.39 is 39.8 Å². The molecule has 0 bridgehead atoms. The molecule has 18 heavy (non-hydrogen) atoms. The van der Waals surface area contributed by atoms with E-state index in [4.69, 9.17) is 34.8 Å². The zero-order chi connectivity index (χ0) is 14.1. The van der Waals surface area contributed by atoms with Gasteiger partial charge < -0.3 is 20.3 Å². The van der Waals surface area contributed by atoms with Gasteiger partial charge in [0, 0.05) is 0 Å². The topological polar surface area (TPSA) is 95.9 Å². The number of nitrogens with one attached hydrogen (secondary N) is 1. The number of ether oxygens (including phenoxy) is 1. The molecule has 0 radical (unpaired) electrons. The number of aliphatic hydroxyl groups is 2. The van der Waals surface area contributed by atoms with Crippen LogP contribution < -0.4 is 5.32 Å². The smallest absolute Gasteiger partial charge is 0.311 e. The third-order valence-electron chi connectivity index (χ3n) is 2.76. The zero-order valence-electron chi connectivity index (χ0n) is 9.27. The molecule has 1 amide bonds. The fourth-order valence-electron chi connectivity index (χ4n) is 1.81. The minimum absolute atomic E-state index is 0.00148. The fourth-order valence-corrected chi connectivity index (χ4v) is 1.97. The van der Waals surface area contributed by atoms with Crippen LogP contribution in [-0.4, -0.2) is 51.2 Å². The van der Waals surface area contributed by atoms with E-state index in [1.54, 1.807) is 0 Å². The number of esters is 1. The molecule has 3 N–H and O–H groups in total. The van der Waals surface area contributed by atoms with Gasteiger partial charge in [0.05, 0.1) is 25.2 Å². The molecule has 1 rings (SSSR count). The van der Waals surface area contributed by atoms with E-state index in [1.165, 1.54) is 0 Å². The summed E-state index contributed by atoms with van der Waals surface area (Å²) in [6, 6.07) is -0.882. The quantitative estimate of drug-likeness (QED) is 0.482. The Hall–Kier alpha value is -0.270. The SMILES string of the molecule is COC(=O)[C@@H]1C[C@H](NC(=O)C(Cl)(Cl)Cl)[C@H](O)[C@@H]1O. The highest BCUT2D eigenvalue weighted by molar-refractivity contribution is 6.76. The van der Waals surface area contributed by atoms with Gasteiger partial charge in [-0.25, -0.2) is 0 Å². The molecule has 0 heterocycles. The molecule has 1 aliphatic rings. The lowest BCUT2D eigenvalue weighted by atomic mass is 10.1. The van der Waals surface area contributed by atoms with Crippen LogP contribution in [0.2, 0.25) is 0 Å². The number of methoxy groups -OCH3 is 1. The maximum Gasteiger partial charge on any atom is 0.311 e. The molecule has 0 unspecified atom stereocenters. The Bertz CT molecular complexity index is 346. The molecule has 4 atom stereocenters. The maximum absolute atomic E-state index is 11.4. The average molecular weight is 321 g/mol. The normalized spacial score (nSPS) is 32.1. The highest BCUT2D eigenvalue weighted by Gasteiger charge is 2.47. The van der Waals surface area contributed by atoms with Crippen LogP contribution in [0.3, 0.4) is 0 Å². The zero-order valence-corrected chi connectivity index (χ0v) is 11.5. The van der Waals surface area contributed by atoms with Crippen molar-refractivity contribution in [2.24, 2.45) is 5.92 Å². The van der Waals surface area contributed by atoms with Gasteiger partial charge in [0.15, 0.2) is 0 Å². The van der Waals surface area contributed by atoms with E-state index in [9.17, 15) is 19.8 Å². The molecule has 0 aliphatic heterocycles. The number of rotatable bonds is 2. The summed E-state index contributed by atoms with van der Waals surface area (Å²) < 4.78 is 2.30. The average Bonchev–Trinajstić information content (AvgIpc) is 2.55. The summed E-state index contributed by atoms with van der Waals surface area (Å²) >= 11 is 16.1. The Labute approximate surface area is 118 Å². The molecule has 0 aromatic rings. The molecule has 1 saturated carbocycles. The Morgan fingerprint density at radius 2 is 1.83 bits per heavy atom. The predicted molar refractivity (Wildman–Crippen MR) is 64.4 cm³/mol. The molecule has 0 spiro atoms. The van der Waals surface area contributed by atoms with Crippen molar-refractivity contribution in [2.45, 2.75) is 28.5 Å². The lowest BCUT2D eigenvalue weighted by molar-refractivity contribution is -0.149. The molecule has 0 aromatic heterocycles. The van der Waals surface area contributed by atoms with Crippen LogP contribution in [0, 0.1) is 5.92 Å². The van der Waals surface area contributed by atoms with Gasteiger partial charge in [-0.1, -0.05) is 34.8 Å². The molecule has 6 nitrogen and oxygen atoms in total. The molecule has 104 valence electrons. The Balaban J connectivity index is 2.70. The third kappa shape index (κ3) is 3.39. The summed E-state index contributed by atoms with van der Waals surface area (Å²) in [5, 5.41) is 21.6. The summed E-state index contributed by atoms with van der Waals surface area (Å²) in [4.78, 5) is 22.7. The highest BCUT2D eigenvalue weighted by atomic mass is 35.6. The van der Waals surface area contributed by atoms with Crippen LogP contribution >= 0.6 is 34.8 Å². The van der Waals surface area contributed by atoms with Gasteiger partial charge >= 0.3 is 5.97 Å². The van der Waals surface area contributed by atoms with Gasteiger partial charge in [0.2, 0.25) is 0 Å². The number of hydrogen-bond donors (Lipinski definition) is 3. The monoisotopic (exact) mass is 319 g/mol. The number of amides is 1. The first-order valence-electron chi connectivity index (χ1n) is 5.00. The van der Waals surface area contributed by atoms with Gasteiger partial charge in [-0.05, 0) is 6.42 Å². The number of carbonyl (C=O) groups is 2. The van der Waals surface area contributed by atoms with Crippen molar-refractivity contribution >= 4 is 46.7 Å². The minimum atomic E-state index is -2.17. The van der Waals surface area contributed by atoms with Crippen molar-refractivity contribution in [3.63, 3.8) is 0 Å². The van der Waals surface area contributed by atoms with Crippen LogP contribution in [0.15, 0.2) is 0 Å². The Kier molecular flexibility index (Phi) is 5.08. The summed E-state index contributed by atoms with van der Waals surface area (Å²) in [6.45, 7) is 0. The van der Waals surface area contributed by atoms with Crippen molar-refractivity contribution in [1.82, 2.24) is 5.32 Å². The van der Waals surface area contributed by atoms with Crippen molar-refractivity contribution in [2.75, 3.05) is 7.11 Å². The van der Waals surface area contributed by atoms with E-state index in [2.05, 4.69) is 10.1 Å². The van der Waals surface area contributed by atoms with E-state index in [1.807, 2.05) is 0 Å². The van der Waals surface area contributed by atoms with Crippen LogP contribution in [0.25, 0.3) is 0 Å². The second kappa shape index (κ2) is 5.79. The summed E-state index contributed by atoms with van der Waals surface area (Å²) in [5.74, 6) is -2.54. The van der Waals surface area contributed by atoms with Gasteiger partial charge in [0.1, 0.15) is 6.10 Å². The van der Waals surface area contributed by atoms with Gasteiger partial charge in [0.25, 0.3) is 9.70 Å². The second-order valence-corrected chi connectivity index (χ2v) is 6.21. The fraction of sp³-hybridized carbons (Fsp3) is 0.778. The summed E-state index contributed by atoms with van der Waals surface area (Å²) in [6.07, 6.45) is -2.66. The van der Waals surface area contributed by atoms with E-state index in [0.29, 0.717) is 0 Å². The molecule has 9 heteroatoms. The van der Waals surface area contributed by atoms with Gasteiger partial charge in [-0.2, -0.15) is 0 Å². The number of hydrogen-bond acceptors (Lipinski definition) is 5. The number of halogens is 3. The van der Waals surface area contributed by atoms with Crippen LogP contribution in [0.1, 0.15) is 6.42 Å². The van der Waals surface area contributed by atoms with Crippen LogP contribution in [0.5, 0.6) is 0 Å². The van der Waals surface area contributed by atoms with Crippen molar-refractivity contribution in [3.05, 3.63) is 0 Å². The molecular formula is C9H12Cl3NO5. The van der Waals surface area contributed by atoms with Crippen molar-refractivity contribution < 1.29 is 24.5 Å². The summed E-state index contributed by atoms with van der Waals surface area (Å²) in [7, 11) is 1.16. The predicted octanol–water partition coefficient (Wildman–Crippen LogP) is -0.244. The lowest BCUT2D eigenvalue weighted by Crippen LogP contribution is -2.47. The van der Waals surface area contributed by atoms with E-state index >= 15 is 0 Å². The number of alkyl halides is 3. The number of aliphatic hydroxyl groups excluding tert-OH is 2. The lowest BCUT2D eigenvalue weighted by Gasteiger charge is -2.20. The Morgan fingerprint density at radius 3 is 2.28 bits per heavy atom. The third-order valence-corrected chi connectivity index (χ3v) is 3.28. The molecule has 1 fully saturated rings. The molecule has 0 aromatic carbocycles. The Morgan fingerprint density at radius 1 is 1.28 bits per heavy atom. The number of carbonyl (C=O) groups excluding carboxylic acids is 2. The molecular weight excluding hydrogens is 308 g/mol. The van der Waals surface area contributed by atoms with Crippen LogP contribution in [-0.2, 0) is 14.3 Å². The van der Waals surface area contributed by atoms with Crippen LogP contribution in [0.4, 0.5) is 0 Å². The first-order valence-corrected chi connectivity index (χ1v) is 6.13. The standard InChI is InChI=1S/C9H12Cl3NO5/c1-18-7(16)3-2-4(6(15)5(3)14)13-8(17)9(10,11)12/h3-6,14-15H,2H2,1H3,(H,13,17)/t3-,4+,5-,6+/m1/s1. The van der Waals surface area contributed by atoms with Crippen molar-refractivity contribution in [3.8, 4) is 0 Å². The molecule has 1 aliphatic carbocycles. The molecule has 0 saturated heterocycles. The second-order valence-electron chi connectivity index (χ2n) is 3.92. The first-order chi connectivity index (χ1) is 8.18. The van der Waals surface area contributed by atoms with E-state index in [0.717, 1.165) is 7.11 Å².